The van der Waals surface area contributed by atoms with Gasteiger partial charge in [0.2, 0.25) is 0 Å². The fraction of sp³-hybridized carbons (Fsp3) is 0.0476. The predicted molar refractivity (Wildman–Crippen MR) is 188 cm³/mol. The summed E-state index contributed by atoms with van der Waals surface area (Å²) in [5, 5.41) is 1.65. The fourth-order valence-corrected chi connectivity index (χ4v) is 10.2. The van der Waals surface area contributed by atoms with E-state index in [1.807, 2.05) is 78.9 Å². The third kappa shape index (κ3) is 4.16. The largest absolute Gasteiger partial charge is 0.456 e. The number of ether oxygens (including phenoxy) is 2. The summed E-state index contributed by atoms with van der Waals surface area (Å²) in [6.07, 6.45) is 4.93. The summed E-state index contributed by atoms with van der Waals surface area (Å²) in [4.78, 5) is 0. The molecule has 0 N–H and O–H groups in total. The van der Waals surface area contributed by atoms with Gasteiger partial charge >= 0.3 is 0 Å². The molecule has 2 unspecified atom stereocenters. The molecule has 0 bridgehead atoms. The molecule has 220 valence electrons. The van der Waals surface area contributed by atoms with Gasteiger partial charge in [0.1, 0.15) is 30.1 Å². The maximum atomic E-state index is 16.0. The Morgan fingerprint density at radius 1 is 0.478 bits per heavy atom. The minimum atomic E-state index is -3.24. The first-order valence-electron chi connectivity index (χ1n) is 15.6. The zero-order chi connectivity index (χ0) is 30.7. The lowest BCUT2D eigenvalue weighted by atomic mass is 9.91. The van der Waals surface area contributed by atoms with Gasteiger partial charge in [0.05, 0.1) is 0 Å². The zero-order valence-corrected chi connectivity index (χ0v) is 25.9. The monoisotopic (exact) mass is 612 g/mol. The molecule has 0 saturated carbocycles. The Kier molecular flexibility index (Phi) is 6.23. The average Bonchev–Trinajstić information content (AvgIpc) is 3.36. The third-order valence-electron chi connectivity index (χ3n) is 9.35. The van der Waals surface area contributed by atoms with Crippen LogP contribution in [0, 0.1) is 0 Å². The number of allylic oxidation sites excluding steroid dienone is 3. The van der Waals surface area contributed by atoms with Crippen molar-refractivity contribution in [2.45, 2.75) is 12.1 Å². The van der Waals surface area contributed by atoms with E-state index in [2.05, 4.69) is 78.9 Å². The average molecular weight is 613 g/mol. The molecular formula is C42H29O3P. The first kappa shape index (κ1) is 27.0. The molecule has 0 spiro atoms. The molecule has 6 aromatic rings. The van der Waals surface area contributed by atoms with E-state index in [1.165, 1.54) is 0 Å². The normalized spacial score (nSPS) is 16.8. The van der Waals surface area contributed by atoms with E-state index in [4.69, 9.17) is 9.47 Å². The molecule has 6 aromatic carbocycles. The van der Waals surface area contributed by atoms with Crippen molar-refractivity contribution < 1.29 is 14.0 Å². The van der Waals surface area contributed by atoms with Crippen LogP contribution in [0.4, 0.5) is 0 Å². The van der Waals surface area contributed by atoms with E-state index >= 15 is 4.57 Å². The van der Waals surface area contributed by atoms with Gasteiger partial charge in [-0.3, -0.25) is 0 Å². The lowest BCUT2D eigenvalue weighted by Crippen LogP contribution is -2.26. The molecule has 0 amide bonds. The smallest absolute Gasteiger partial charge is 0.150 e. The highest BCUT2D eigenvalue weighted by atomic mass is 31.2. The lowest BCUT2D eigenvalue weighted by Gasteiger charge is -2.30. The van der Waals surface area contributed by atoms with Crippen LogP contribution in [0.5, 0.6) is 17.2 Å². The van der Waals surface area contributed by atoms with Crippen LogP contribution >= 0.6 is 7.14 Å². The Balaban J connectivity index is 1.23. The lowest BCUT2D eigenvalue weighted by molar-refractivity contribution is 0.448. The Morgan fingerprint density at radius 3 is 1.70 bits per heavy atom. The SMILES string of the molecule is O=P(c1ccccc1)(c1ccc2c(c1)-c1ccccc1-c1ccccc1O2)C1C=C2C(=CC1)Oc1ccccc1-c1ccccc12. The van der Waals surface area contributed by atoms with E-state index in [0.717, 1.165) is 78.1 Å². The summed E-state index contributed by atoms with van der Waals surface area (Å²) >= 11 is 0. The Morgan fingerprint density at radius 2 is 1.00 bits per heavy atom. The van der Waals surface area contributed by atoms with Crippen LogP contribution in [-0.4, -0.2) is 5.66 Å². The van der Waals surface area contributed by atoms with Crippen molar-refractivity contribution in [3.05, 3.63) is 169 Å². The number of hydrogen-bond acceptors (Lipinski definition) is 3. The Hall–Kier alpha value is -5.37. The number of hydrogen-bond donors (Lipinski definition) is 0. The van der Waals surface area contributed by atoms with Crippen LogP contribution in [-0.2, 0) is 4.57 Å². The molecule has 3 aliphatic rings. The summed E-state index contributed by atoms with van der Waals surface area (Å²) in [7, 11) is -3.24. The molecule has 0 saturated heterocycles. The van der Waals surface area contributed by atoms with Gasteiger partial charge in [-0.2, -0.15) is 0 Å². The van der Waals surface area contributed by atoms with Crippen molar-refractivity contribution in [2.75, 3.05) is 0 Å². The van der Waals surface area contributed by atoms with E-state index in [-0.39, 0.29) is 5.66 Å². The van der Waals surface area contributed by atoms with Gasteiger partial charge in [0.25, 0.3) is 0 Å². The van der Waals surface area contributed by atoms with Crippen LogP contribution < -0.4 is 20.1 Å². The van der Waals surface area contributed by atoms with Crippen LogP contribution in [0.3, 0.4) is 0 Å². The van der Waals surface area contributed by atoms with Crippen molar-refractivity contribution in [1.82, 2.24) is 0 Å². The number of benzene rings is 6. The van der Waals surface area contributed by atoms with Crippen molar-refractivity contribution >= 4 is 23.3 Å². The highest BCUT2D eigenvalue weighted by Gasteiger charge is 2.39. The summed E-state index contributed by atoms with van der Waals surface area (Å²) in [5.74, 6) is 3.22. The quantitative estimate of drug-likeness (QED) is 0.186. The molecule has 46 heavy (non-hydrogen) atoms. The molecule has 1 aliphatic carbocycles. The summed E-state index contributed by atoms with van der Waals surface area (Å²) in [6.45, 7) is 0. The predicted octanol–water partition coefficient (Wildman–Crippen LogP) is 10.2. The summed E-state index contributed by atoms with van der Waals surface area (Å²) in [6, 6.07) is 49.2. The third-order valence-corrected chi connectivity index (χ3v) is 12.8. The van der Waals surface area contributed by atoms with E-state index in [9.17, 15) is 0 Å². The maximum absolute atomic E-state index is 16.0. The van der Waals surface area contributed by atoms with Gasteiger partial charge in [0.15, 0.2) is 0 Å². The number of fused-ring (bicyclic) bond motifs is 10. The van der Waals surface area contributed by atoms with Gasteiger partial charge in [0, 0.05) is 38.5 Å². The van der Waals surface area contributed by atoms with E-state index in [0.29, 0.717) is 6.42 Å². The number of para-hydroxylation sites is 2. The topological polar surface area (TPSA) is 35.5 Å². The van der Waals surface area contributed by atoms with Crippen LogP contribution in [0.2, 0.25) is 0 Å². The maximum Gasteiger partial charge on any atom is 0.150 e. The molecule has 9 rings (SSSR count). The zero-order valence-electron chi connectivity index (χ0n) is 25.0. The van der Waals surface area contributed by atoms with Crippen molar-refractivity contribution in [3.8, 4) is 50.6 Å². The first-order chi connectivity index (χ1) is 22.7. The second kappa shape index (κ2) is 10.6. The summed E-state index contributed by atoms with van der Waals surface area (Å²) < 4.78 is 29.1. The van der Waals surface area contributed by atoms with Gasteiger partial charge in [-0.05, 0) is 65.1 Å². The molecule has 0 radical (unpaired) electrons. The van der Waals surface area contributed by atoms with Crippen LogP contribution in [0.15, 0.2) is 164 Å². The molecule has 2 atom stereocenters. The van der Waals surface area contributed by atoms with Gasteiger partial charge in [-0.25, -0.2) is 0 Å². The molecule has 2 heterocycles. The first-order valence-corrected chi connectivity index (χ1v) is 17.4. The molecule has 2 aliphatic heterocycles. The van der Waals surface area contributed by atoms with E-state index < -0.39 is 7.14 Å². The Bertz CT molecular complexity index is 2280. The molecule has 0 fully saturated rings. The van der Waals surface area contributed by atoms with Gasteiger partial charge < -0.3 is 14.0 Å². The minimum absolute atomic E-state index is 0.274. The van der Waals surface area contributed by atoms with Crippen molar-refractivity contribution in [2.24, 2.45) is 0 Å². The van der Waals surface area contributed by atoms with Gasteiger partial charge in [-0.1, -0.05) is 121 Å². The second-order valence-electron chi connectivity index (χ2n) is 11.9. The highest BCUT2D eigenvalue weighted by Crippen LogP contribution is 2.56. The molecule has 0 aromatic heterocycles. The highest BCUT2D eigenvalue weighted by molar-refractivity contribution is 7.79. The molecular weight excluding hydrogens is 583 g/mol. The van der Waals surface area contributed by atoms with Crippen molar-refractivity contribution in [3.63, 3.8) is 0 Å². The summed E-state index contributed by atoms with van der Waals surface area (Å²) in [5.41, 5.74) is 8.12. The van der Waals surface area contributed by atoms with E-state index in [1.54, 1.807) is 0 Å². The van der Waals surface area contributed by atoms with Crippen LogP contribution in [0.25, 0.3) is 39.0 Å². The minimum Gasteiger partial charge on any atom is -0.456 e. The molecule has 3 nitrogen and oxygen atoms in total. The molecule has 4 heteroatoms. The standard InChI is InChI=1S/C42H29O3P/c43-46(28-12-2-1-3-13-28,29-22-24-41-37(26-29)33-16-6-4-14-31(33)35-18-8-10-20-39(35)44-41)30-23-25-42-38(27-30)34-17-7-5-15-32(34)36-19-9-11-21-40(36)45-42/h1-22,24-27,30H,23H2. The second-order valence-corrected chi connectivity index (χ2v) is 14.9. The number of rotatable bonds is 3. The van der Waals surface area contributed by atoms with Crippen LogP contribution in [0.1, 0.15) is 12.0 Å². The fourth-order valence-electron chi connectivity index (χ4n) is 7.16. The Labute approximate surface area is 268 Å². The van der Waals surface area contributed by atoms with Crippen molar-refractivity contribution in [1.29, 1.82) is 0 Å². The van der Waals surface area contributed by atoms with Gasteiger partial charge in [-0.15, -0.1) is 0 Å².